The minimum Gasteiger partial charge on any atom is -0.488 e. The number of anilines is 1. The Morgan fingerprint density at radius 3 is 3.03 bits per heavy atom. The smallest absolute Gasteiger partial charge is 0.249 e. The monoisotopic (exact) mass is 389 g/mol. The molecule has 0 aliphatic carbocycles. The van der Waals surface area contributed by atoms with Crippen LogP contribution >= 0.6 is 0 Å². The third kappa shape index (κ3) is 4.59. The van der Waals surface area contributed by atoms with Crippen molar-refractivity contribution in [1.29, 1.82) is 5.26 Å². The molecule has 1 aromatic heterocycles. The molecule has 2 aromatic carbocycles. The van der Waals surface area contributed by atoms with Crippen LogP contribution in [0.15, 0.2) is 48.5 Å². The third-order valence-corrected chi connectivity index (χ3v) is 4.51. The van der Waals surface area contributed by atoms with Crippen LogP contribution in [-0.2, 0) is 16.0 Å². The van der Waals surface area contributed by atoms with Gasteiger partial charge in [0.25, 0.3) is 0 Å². The van der Waals surface area contributed by atoms with Crippen LogP contribution in [0.5, 0.6) is 5.75 Å². The van der Waals surface area contributed by atoms with Gasteiger partial charge in [-0.15, -0.1) is 5.10 Å². The minimum absolute atomic E-state index is 0.0129. The summed E-state index contributed by atoms with van der Waals surface area (Å²) >= 11 is 0. The first-order valence-electron chi connectivity index (χ1n) is 9.26. The number of para-hydroxylation sites is 1. The molecule has 8 heteroatoms. The number of rotatable bonds is 6. The molecule has 29 heavy (non-hydrogen) atoms. The van der Waals surface area contributed by atoms with Crippen molar-refractivity contribution in [3.63, 3.8) is 0 Å². The number of H-pyrrole nitrogens is 1. The molecule has 0 bridgehead atoms. The normalized spacial score (nSPS) is 15.6. The number of carbonyl (C=O) groups is 1. The van der Waals surface area contributed by atoms with Crippen LogP contribution in [0.3, 0.4) is 0 Å². The van der Waals surface area contributed by atoms with Gasteiger partial charge in [0.2, 0.25) is 11.9 Å². The zero-order valence-corrected chi connectivity index (χ0v) is 15.6. The number of hydrogen-bond donors (Lipinski definition) is 2. The first-order valence-corrected chi connectivity index (χ1v) is 9.26. The van der Waals surface area contributed by atoms with Crippen molar-refractivity contribution in [1.82, 2.24) is 15.2 Å². The van der Waals surface area contributed by atoms with E-state index >= 15 is 0 Å². The molecule has 0 radical (unpaired) electrons. The van der Waals surface area contributed by atoms with Crippen LogP contribution < -0.4 is 10.1 Å². The predicted octanol–water partition coefficient (Wildman–Crippen LogP) is 2.69. The number of amides is 1. The second-order valence-corrected chi connectivity index (χ2v) is 6.64. The Kier molecular flexibility index (Phi) is 5.49. The summed E-state index contributed by atoms with van der Waals surface area (Å²) in [7, 11) is 0. The molecule has 0 spiro atoms. The van der Waals surface area contributed by atoms with Crippen LogP contribution in [-0.4, -0.2) is 40.4 Å². The molecule has 4 rings (SSSR count). The van der Waals surface area contributed by atoms with Crippen molar-refractivity contribution in [2.24, 2.45) is 0 Å². The molecule has 1 aliphatic heterocycles. The highest BCUT2D eigenvalue weighted by molar-refractivity contribution is 5.91. The van der Waals surface area contributed by atoms with E-state index < -0.39 is 0 Å². The number of nitrogens with zero attached hydrogens (tertiary/aromatic N) is 3. The maximum Gasteiger partial charge on any atom is 0.249 e. The number of carbonyl (C=O) groups excluding carboxylic acids is 1. The highest BCUT2D eigenvalue weighted by atomic mass is 16.5. The van der Waals surface area contributed by atoms with Gasteiger partial charge in [-0.1, -0.05) is 30.3 Å². The van der Waals surface area contributed by atoms with Gasteiger partial charge in [0.05, 0.1) is 31.3 Å². The van der Waals surface area contributed by atoms with Gasteiger partial charge in [0, 0.05) is 17.5 Å². The van der Waals surface area contributed by atoms with Crippen molar-refractivity contribution in [3.8, 4) is 23.2 Å². The Bertz CT molecular complexity index is 1050. The molecule has 2 N–H and O–H groups in total. The molecule has 1 unspecified atom stereocenters. The summed E-state index contributed by atoms with van der Waals surface area (Å²) in [5.74, 6) is 1.08. The lowest BCUT2D eigenvalue weighted by molar-refractivity contribution is -0.115. The second kappa shape index (κ2) is 8.54. The number of aromatic amines is 1. The molecule has 146 valence electrons. The van der Waals surface area contributed by atoms with Gasteiger partial charge in [0.1, 0.15) is 11.9 Å². The van der Waals surface area contributed by atoms with Crippen LogP contribution in [0, 0.1) is 11.3 Å². The minimum atomic E-state index is -0.250. The van der Waals surface area contributed by atoms with E-state index in [1.807, 2.05) is 30.3 Å². The molecule has 2 heterocycles. The molecule has 1 saturated heterocycles. The fraction of sp³-hybridized carbons (Fsp3) is 0.238. The van der Waals surface area contributed by atoms with E-state index in [0.717, 1.165) is 17.5 Å². The summed E-state index contributed by atoms with van der Waals surface area (Å²) in [6, 6.07) is 16.5. The zero-order valence-electron chi connectivity index (χ0n) is 15.6. The van der Waals surface area contributed by atoms with Gasteiger partial charge in [-0.05, 0) is 18.2 Å². The lowest BCUT2D eigenvalue weighted by atomic mass is 10.1. The van der Waals surface area contributed by atoms with Crippen molar-refractivity contribution < 1.29 is 14.3 Å². The van der Waals surface area contributed by atoms with Gasteiger partial charge < -0.3 is 9.47 Å². The van der Waals surface area contributed by atoms with E-state index in [9.17, 15) is 4.79 Å². The summed E-state index contributed by atoms with van der Waals surface area (Å²) in [5.41, 5.74) is 2.03. The largest absolute Gasteiger partial charge is 0.488 e. The van der Waals surface area contributed by atoms with E-state index in [1.54, 1.807) is 18.2 Å². The molecule has 1 aliphatic rings. The van der Waals surface area contributed by atoms with Gasteiger partial charge >= 0.3 is 0 Å². The summed E-state index contributed by atoms with van der Waals surface area (Å²) in [6.45, 7) is 1.26. The first-order chi connectivity index (χ1) is 14.2. The topological polar surface area (TPSA) is 113 Å². The molecule has 1 fully saturated rings. The van der Waals surface area contributed by atoms with Crippen molar-refractivity contribution in [2.75, 3.05) is 18.5 Å². The second-order valence-electron chi connectivity index (χ2n) is 6.64. The van der Waals surface area contributed by atoms with E-state index in [2.05, 4.69) is 26.6 Å². The standard InChI is InChI=1S/C21H19N5O3/c22-12-14-4-3-6-16(10-14)20-24-21(26-25-20)23-19(27)11-15-5-1-2-7-18(15)29-17-8-9-28-13-17/h1-7,10,17H,8-9,11,13H2,(H2,23,24,25,26,27). The highest BCUT2D eigenvalue weighted by Crippen LogP contribution is 2.23. The van der Waals surface area contributed by atoms with Gasteiger partial charge in [-0.3, -0.25) is 15.2 Å². The van der Waals surface area contributed by atoms with Crippen molar-refractivity contribution in [3.05, 3.63) is 59.7 Å². The molecular formula is C21H19N5O3. The Balaban J connectivity index is 1.42. The fourth-order valence-electron chi connectivity index (χ4n) is 3.07. The zero-order chi connectivity index (χ0) is 20.1. The lowest BCUT2D eigenvalue weighted by Crippen LogP contribution is -2.19. The molecule has 1 amide bonds. The van der Waals surface area contributed by atoms with E-state index in [0.29, 0.717) is 30.4 Å². The number of nitriles is 1. The van der Waals surface area contributed by atoms with Crippen molar-refractivity contribution in [2.45, 2.75) is 18.9 Å². The van der Waals surface area contributed by atoms with E-state index in [4.69, 9.17) is 14.7 Å². The first kappa shape index (κ1) is 18.7. The summed E-state index contributed by atoms with van der Waals surface area (Å²) in [5, 5.41) is 18.5. The van der Waals surface area contributed by atoms with Gasteiger partial charge in [-0.25, -0.2) is 0 Å². The fourth-order valence-corrected chi connectivity index (χ4v) is 3.07. The highest BCUT2D eigenvalue weighted by Gasteiger charge is 2.19. The third-order valence-electron chi connectivity index (χ3n) is 4.51. The summed E-state index contributed by atoms with van der Waals surface area (Å²) in [4.78, 5) is 16.8. The molecular weight excluding hydrogens is 370 g/mol. The quantitative estimate of drug-likeness (QED) is 0.670. The number of aromatic nitrogens is 3. The Morgan fingerprint density at radius 1 is 1.31 bits per heavy atom. The number of hydrogen-bond acceptors (Lipinski definition) is 6. The predicted molar refractivity (Wildman–Crippen MR) is 105 cm³/mol. The number of benzene rings is 2. The van der Waals surface area contributed by atoms with E-state index in [1.165, 1.54) is 0 Å². The average Bonchev–Trinajstić information content (AvgIpc) is 3.42. The number of nitrogens with one attached hydrogen (secondary N) is 2. The Hall–Kier alpha value is -3.70. The molecule has 0 saturated carbocycles. The van der Waals surface area contributed by atoms with Gasteiger partial charge in [0.15, 0.2) is 5.82 Å². The van der Waals surface area contributed by atoms with Crippen LogP contribution in [0.2, 0.25) is 0 Å². The Morgan fingerprint density at radius 2 is 2.21 bits per heavy atom. The SMILES string of the molecule is N#Cc1cccc(-c2nc(NC(=O)Cc3ccccc3OC3CCOC3)n[nH]2)c1. The van der Waals surface area contributed by atoms with Crippen LogP contribution in [0.4, 0.5) is 5.95 Å². The maximum atomic E-state index is 12.5. The maximum absolute atomic E-state index is 12.5. The molecule has 1 atom stereocenters. The summed E-state index contributed by atoms with van der Waals surface area (Å²) < 4.78 is 11.3. The number of ether oxygens (including phenoxy) is 2. The van der Waals surface area contributed by atoms with E-state index in [-0.39, 0.29) is 24.4 Å². The van der Waals surface area contributed by atoms with Crippen LogP contribution in [0.1, 0.15) is 17.5 Å². The summed E-state index contributed by atoms with van der Waals surface area (Å²) in [6.07, 6.45) is 0.990. The van der Waals surface area contributed by atoms with Crippen molar-refractivity contribution >= 4 is 11.9 Å². The average molecular weight is 389 g/mol. The Labute approximate surface area is 167 Å². The van der Waals surface area contributed by atoms with Gasteiger partial charge in [-0.2, -0.15) is 10.2 Å². The lowest BCUT2D eigenvalue weighted by Gasteiger charge is -2.15. The molecule has 3 aromatic rings. The molecule has 8 nitrogen and oxygen atoms in total. The van der Waals surface area contributed by atoms with Crippen LogP contribution in [0.25, 0.3) is 11.4 Å².